The number of ether oxygens (including phenoxy) is 1. The highest BCUT2D eigenvalue weighted by molar-refractivity contribution is 5.97. The van der Waals surface area contributed by atoms with Crippen LogP contribution < -0.4 is 10.6 Å². The van der Waals surface area contributed by atoms with Gasteiger partial charge in [-0.15, -0.1) is 0 Å². The highest BCUT2D eigenvalue weighted by Crippen LogP contribution is 2.30. The summed E-state index contributed by atoms with van der Waals surface area (Å²) >= 11 is 0. The van der Waals surface area contributed by atoms with Crippen LogP contribution in [0.3, 0.4) is 0 Å². The number of nitrogens with zero attached hydrogens (tertiary/aromatic N) is 3. The van der Waals surface area contributed by atoms with E-state index in [9.17, 15) is 14.9 Å². The number of nitrogen functional groups attached to an aromatic ring is 1. The average molecular weight is 338 g/mol. The number of rotatable bonds is 3. The molecule has 0 aliphatic carbocycles. The Morgan fingerprint density at radius 3 is 2.76 bits per heavy atom. The van der Waals surface area contributed by atoms with Crippen LogP contribution in [0.15, 0.2) is 24.4 Å². The molecule has 0 atom stereocenters. The second kappa shape index (κ2) is 6.32. The van der Waals surface area contributed by atoms with Crippen LogP contribution in [0.4, 0.5) is 11.4 Å². The van der Waals surface area contributed by atoms with Gasteiger partial charge in [-0.3, -0.25) is 4.79 Å². The fourth-order valence-corrected chi connectivity index (χ4v) is 3.06. The van der Waals surface area contributed by atoms with Gasteiger partial charge in [0.15, 0.2) is 5.69 Å². The normalized spacial score (nSPS) is 13.8. The summed E-state index contributed by atoms with van der Waals surface area (Å²) in [6, 6.07) is 7.49. The predicted octanol–water partition coefficient (Wildman–Crippen LogP) is 2.15. The zero-order valence-corrected chi connectivity index (χ0v) is 14.1. The SMILES string of the molecule is COC(=O)c1c(N)c(C#N)cn1-c1ccc(C)c(N2CCCC2=O)c1. The average Bonchev–Trinajstić information content (AvgIpc) is 3.18. The molecule has 0 bridgehead atoms. The number of nitrogens with two attached hydrogens (primary N) is 1. The van der Waals surface area contributed by atoms with Crippen molar-refractivity contribution in [2.75, 3.05) is 24.3 Å². The zero-order valence-electron chi connectivity index (χ0n) is 14.1. The van der Waals surface area contributed by atoms with Gasteiger partial charge in [0.2, 0.25) is 5.91 Å². The van der Waals surface area contributed by atoms with Crippen molar-refractivity contribution in [2.24, 2.45) is 0 Å². The van der Waals surface area contributed by atoms with Crippen LogP contribution in [0.25, 0.3) is 5.69 Å². The molecule has 7 nitrogen and oxygen atoms in total. The number of aryl methyl sites for hydroxylation is 1. The highest BCUT2D eigenvalue weighted by atomic mass is 16.5. The first-order valence-corrected chi connectivity index (χ1v) is 7.88. The van der Waals surface area contributed by atoms with Gasteiger partial charge in [0.1, 0.15) is 6.07 Å². The fraction of sp³-hybridized carbons (Fsp3) is 0.278. The molecule has 2 aromatic rings. The number of benzene rings is 1. The van der Waals surface area contributed by atoms with E-state index in [-0.39, 0.29) is 22.9 Å². The van der Waals surface area contributed by atoms with E-state index in [4.69, 9.17) is 10.5 Å². The number of hydrogen-bond acceptors (Lipinski definition) is 5. The third-order valence-corrected chi connectivity index (χ3v) is 4.38. The summed E-state index contributed by atoms with van der Waals surface area (Å²) in [5.74, 6) is -0.545. The Morgan fingerprint density at radius 2 is 2.16 bits per heavy atom. The Bertz CT molecular complexity index is 908. The van der Waals surface area contributed by atoms with Crippen LogP contribution in [0.5, 0.6) is 0 Å². The van der Waals surface area contributed by atoms with Gasteiger partial charge in [-0.05, 0) is 31.0 Å². The number of nitriles is 1. The minimum atomic E-state index is -0.627. The minimum Gasteiger partial charge on any atom is -0.464 e. The third-order valence-electron chi connectivity index (χ3n) is 4.38. The molecule has 1 aromatic heterocycles. The molecule has 1 aromatic carbocycles. The maximum atomic E-state index is 12.1. The van der Waals surface area contributed by atoms with Crippen LogP contribution in [0, 0.1) is 18.3 Å². The largest absolute Gasteiger partial charge is 0.464 e. The van der Waals surface area contributed by atoms with Crippen LogP contribution in [0.2, 0.25) is 0 Å². The van der Waals surface area contributed by atoms with E-state index < -0.39 is 5.97 Å². The lowest BCUT2D eigenvalue weighted by molar-refractivity contribution is -0.117. The monoisotopic (exact) mass is 338 g/mol. The number of anilines is 2. The van der Waals surface area contributed by atoms with Gasteiger partial charge >= 0.3 is 5.97 Å². The van der Waals surface area contributed by atoms with Crippen LogP contribution >= 0.6 is 0 Å². The first-order chi connectivity index (χ1) is 12.0. The lowest BCUT2D eigenvalue weighted by atomic mass is 10.1. The number of methoxy groups -OCH3 is 1. The van der Waals surface area contributed by atoms with Gasteiger partial charge in [0.05, 0.1) is 18.4 Å². The fourth-order valence-electron chi connectivity index (χ4n) is 3.06. The Balaban J connectivity index is 2.16. The molecule has 1 saturated heterocycles. The summed E-state index contributed by atoms with van der Waals surface area (Å²) < 4.78 is 6.33. The van der Waals surface area contributed by atoms with E-state index in [1.54, 1.807) is 4.90 Å². The quantitative estimate of drug-likeness (QED) is 0.864. The molecule has 0 spiro atoms. The van der Waals surface area contributed by atoms with E-state index in [0.29, 0.717) is 18.7 Å². The second-order valence-corrected chi connectivity index (χ2v) is 5.90. The van der Waals surface area contributed by atoms with Crippen molar-refractivity contribution in [3.63, 3.8) is 0 Å². The van der Waals surface area contributed by atoms with Gasteiger partial charge in [-0.2, -0.15) is 5.26 Å². The van der Waals surface area contributed by atoms with E-state index in [0.717, 1.165) is 17.7 Å². The van der Waals surface area contributed by atoms with Crippen LogP contribution in [0.1, 0.15) is 34.5 Å². The molecule has 1 aliphatic heterocycles. The van der Waals surface area contributed by atoms with Crippen molar-refractivity contribution in [1.82, 2.24) is 4.57 Å². The van der Waals surface area contributed by atoms with Crippen molar-refractivity contribution >= 4 is 23.3 Å². The van der Waals surface area contributed by atoms with Crippen molar-refractivity contribution in [3.8, 4) is 11.8 Å². The molecule has 128 valence electrons. The molecule has 2 N–H and O–H groups in total. The van der Waals surface area contributed by atoms with E-state index >= 15 is 0 Å². The first kappa shape index (κ1) is 16.6. The zero-order chi connectivity index (χ0) is 18.1. The number of amides is 1. The number of esters is 1. The molecule has 1 aliphatic rings. The molecule has 1 amide bonds. The van der Waals surface area contributed by atoms with Gasteiger partial charge < -0.3 is 19.9 Å². The summed E-state index contributed by atoms with van der Waals surface area (Å²) in [6.07, 6.45) is 2.86. The molecular formula is C18H18N4O3. The number of carbonyl (C=O) groups excluding carboxylic acids is 2. The molecule has 1 fully saturated rings. The highest BCUT2D eigenvalue weighted by Gasteiger charge is 2.25. The second-order valence-electron chi connectivity index (χ2n) is 5.90. The minimum absolute atomic E-state index is 0.0775. The van der Waals surface area contributed by atoms with E-state index in [1.165, 1.54) is 17.9 Å². The van der Waals surface area contributed by atoms with Crippen molar-refractivity contribution < 1.29 is 14.3 Å². The molecule has 0 unspecified atom stereocenters. The molecule has 25 heavy (non-hydrogen) atoms. The Morgan fingerprint density at radius 1 is 1.40 bits per heavy atom. The molecular weight excluding hydrogens is 320 g/mol. The summed E-state index contributed by atoms with van der Waals surface area (Å²) in [6.45, 7) is 2.60. The maximum Gasteiger partial charge on any atom is 0.357 e. The summed E-state index contributed by atoms with van der Waals surface area (Å²) in [5, 5.41) is 9.22. The third kappa shape index (κ3) is 2.72. The molecule has 7 heteroatoms. The van der Waals surface area contributed by atoms with Crippen LogP contribution in [-0.4, -0.2) is 30.1 Å². The number of aromatic nitrogens is 1. The van der Waals surface area contributed by atoms with Crippen molar-refractivity contribution in [2.45, 2.75) is 19.8 Å². The predicted molar refractivity (Wildman–Crippen MR) is 92.6 cm³/mol. The maximum absolute atomic E-state index is 12.1. The van der Waals surface area contributed by atoms with Gasteiger partial charge in [0, 0.05) is 30.5 Å². The standard InChI is InChI=1S/C18H18N4O3/c1-11-5-6-13(8-14(11)21-7-3-4-15(21)23)22-10-12(9-19)16(20)17(22)18(24)25-2/h5-6,8,10H,3-4,7,20H2,1-2H3. The Labute approximate surface area is 145 Å². The van der Waals surface area contributed by atoms with E-state index in [1.807, 2.05) is 31.2 Å². The molecule has 2 heterocycles. The van der Waals surface area contributed by atoms with Gasteiger partial charge in [0.25, 0.3) is 0 Å². The molecule has 0 saturated carbocycles. The van der Waals surface area contributed by atoms with E-state index in [2.05, 4.69) is 0 Å². The summed E-state index contributed by atoms with van der Waals surface area (Å²) in [4.78, 5) is 25.9. The smallest absolute Gasteiger partial charge is 0.357 e. The van der Waals surface area contributed by atoms with Crippen LogP contribution in [-0.2, 0) is 9.53 Å². The summed E-state index contributed by atoms with van der Waals surface area (Å²) in [7, 11) is 1.26. The van der Waals surface area contributed by atoms with Crippen molar-refractivity contribution in [3.05, 3.63) is 41.2 Å². The van der Waals surface area contributed by atoms with Crippen molar-refractivity contribution in [1.29, 1.82) is 5.26 Å². The lowest BCUT2D eigenvalue weighted by Gasteiger charge is -2.20. The number of hydrogen-bond donors (Lipinski definition) is 1. The van der Waals surface area contributed by atoms with Gasteiger partial charge in [-0.1, -0.05) is 6.07 Å². The number of carbonyl (C=O) groups is 2. The Hall–Kier alpha value is -3.27. The first-order valence-electron chi connectivity index (χ1n) is 7.88. The lowest BCUT2D eigenvalue weighted by Crippen LogP contribution is -2.24. The van der Waals surface area contributed by atoms with Gasteiger partial charge in [-0.25, -0.2) is 4.79 Å². The topological polar surface area (TPSA) is 101 Å². The molecule has 3 rings (SSSR count). The Kier molecular flexibility index (Phi) is 4.19. The summed E-state index contributed by atoms with van der Waals surface area (Å²) in [5.41, 5.74) is 8.69. The molecule has 0 radical (unpaired) electrons.